The predicted molar refractivity (Wildman–Crippen MR) is 73.7 cm³/mol. The third-order valence-electron chi connectivity index (χ3n) is 3.28. The van der Waals surface area contributed by atoms with Gasteiger partial charge in [0.2, 0.25) is 0 Å². The number of rotatable bonds is 4. The second-order valence-corrected chi connectivity index (χ2v) is 6.38. The molecule has 0 bridgehead atoms. The minimum atomic E-state index is -0.943. The van der Waals surface area contributed by atoms with Crippen molar-refractivity contribution in [1.29, 1.82) is 0 Å². The number of thioether (sulfide) groups is 1. The van der Waals surface area contributed by atoms with Crippen molar-refractivity contribution in [1.82, 2.24) is 15.1 Å². The molecule has 2 heterocycles. The van der Waals surface area contributed by atoms with E-state index in [0.29, 0.717) is 5.92 Å². The maximum absolute atomic E-state index is 10.9. The normalized spacial score (nSPS) is 25.9. The average Bonchev–Trinajstić information content (AvgIpc) is 3.03. The van der Waals surface area contributed by atoms with Gasteiger partial charge in [-0.15, -0.1) is 0 Å². The van der Waals surface area contributed by atoms with Gasteiger partial charge < -0.3 is 15.7 Å². The second-order valence-electron chi connectivity index (χ2n) is 5.09. The third kappa shape index (κ3) is 2.42. The van der Waals surface area contributed by atoms with E-state index in [9.17, 15) is 4.79 Å². The molecule has 1 aromatic rings. The van der Waals surface area contributed by atoms with E-state index in [1.54, 1.807) is 10.1 Å². The summed E-state index contributed by atoms with van der Waals surface area (Å²) in [6.07, 6.45) is 2.43. The Hall–Kier alpha value is -1.63. The van der Waals surface area contributed by atoms with E-state index in [4.69, 9.17) is 5.11 Å². The Labute approximate surface area is 115 Å². The van der Waals surface area contributed by atoms with Gasteiger partial charge in [-0.25, -0.2) is 4.79 Å². The number of nitrogens with zero attached hydrogens (tertiary/aromatic N) is 2. The van der Waals surface area contributed by atoms with Crippen molar-refractivity contribution in [2.45, 2.75) is 30.7 Å². The van der Waals surface area contributed by atoms with Crippen LogP contribution in [-0.2, 0) is 11.8 Å². The standard InChI is InChI=1S/C12H16N4O2S/c1-12(13-9(6-19-12)11(17)18)14-10-5-8(7-3-4-7)15-16(10)2/h5-7,13-14H,3-4H2,1-2H3,(H,17,18). The number of carboxylic acids is 1. The van der Waals surface area contributed by atoms with E-state index in [2.05, 4.69) is 15.7 Å². The molecule has 1 aromatic heterocycles. The Morgan fingerprint density at radius 1 is 1.68 bits per heavy atom. The molecule has 0 saturated heterocycles. The maximum atomic E-state index is 10.9. The van der Waals surface area contributed by atoms with E-state index in [1.165, 1.54) is 24.6 Å². The van der Waals surface area contributed by atoms with Crippen LogP contribution in [0.25, 0.3) is 0 Å². The number of aliphatic carboxylic acids is 1. The topological polar surface area (TPSA) is 79.2 Å². The molecular formula is C12H16N4O2S. The zero-order chi connectivity index (χ0) is 13.6. The Bertz CT molecular complexity index is 564. The summed E-state index contributed by atoms with van der Waals surface area (Å²) in [6, 6.07) is 2.05. The van der Waals surface area contributed by atoms with E-state index in [0.717, 1.165) is 11.5 Å². The summed E-state index contributed by atoms with van der Waals surface area (Å²) < 4.78 is 1.81. The van der Waals surface area contributed by atoms with Crippen molar-refractivity contribution in [3.8, 4) is 0 Å². The molecule has 0 spiro atoms. The van der Waals surface area contributed by atoms with Crippen molar-refractivity contribution < 1.29 is 9.90 Å². The fraction of sp³-hybridized carbons (Fsp3) is 0.500. The molecule has 0 amide bonds. The maximum Gasteiger partial charge on any atom is 0.352 e. The minimum absolute atomic E-state index is 0.213. The lowest BCUT2D eigenvalue weighted by molar-refractivity contribution is -0.133. The summed E-state index contributed by atoms with van der Waals surface area (Å²) in [7, 11) is 1.89. The van der Waals surface area contributed by atoms with Gasteiger partial charge >= 0.3 is 5.97 Å². The molecule has 7 heteroatoms. The SMILES string of the molecule is Cn1nc(C2CC2)cc1NC1(C)NC(C(=O)O)=CS1. The summed E-state index contributed by atoms with van der Waals surface area (Å²) >= 11 is 1.41. The fourth-order valence-corrected chi connectivity index (χ4v) is 2.93. The van der Waals surface area contributed by atoms with Crippen molar-refractivity contribution in [2.75, 3.05) is 5.32 Å². The average molecular weight is 280 g/mol. The molecule has 1 fully saturated rings. The quantitative estimate of drug-likeness (QED) is 0.778. The van der Waals surface area contributed by atoms with Crippen LogP contribution in [0.3, 0.4) is 0 Å². The number of carboxylic acid groups (broad SMARTS) is 1. The van der Waals surface area contributed by atoms with Crippen molar-refractivity contribution in [3.63, 3.8) is 0 Å². The zero-order valence-corrected chi connectivity index (χ0v) is 11.6. The first-order valence-corrected chi connectivity index (χ1v) is 7.06. The summed E-state index contributed by atoms with van der Waals surface area (Å²) in [5.41, 5.74) is 1.33. The van der Waals surface area contributed by atoms with E-state index in [-0.39, 0.29) is 5.70 Å². The van der Waals surface area contributed by atoms with Gasteiger partial charge in [0, 0.05) is 24.4 Å². The van der Waals surface area contributed by atoms with Gasteiger partial charge in [0.15, 0.2) is 4.99 Å². The summed E-state index contributed by atoms with van der Waals surface area (Å²) in [5.74, 6) is 0.553. The lowest BCUT2D eigenvalue weighted by Crippen LogP contribution is -2.43. The van der Waals surface area contributed by atoms with Crippen LogP contribution in [0.15, 0.2) is 17.2 Å². The highest BCUT2D eigenvalue weighted by Crippen LogP contribution is 2.40. The first kappa shape index (κ1) is 12.4. The molecule has 19 heavy (non-hydrogen) atoms. The fourth-order valence-electron chi connectivity index (χ4n) is 2.09. The predicted octanol–water partition coefficient (Wildman–Crippen LogP) is 1.65. The molecule has 1 atom stereocenters. The number of carbonyl (C=O) groups is 1. The monoisotopic (exact) mass is 280 g/mol. The van der Waals surface area contributed by atoms with Crippen molar-refractivity contribution in [2.24, 2.45) is 7.05 Å². The van der Waals surface area contributed by atoms with E-state index >= 15 is 0 Å². The van der Waals surface area contributed by atoms with Gasteiger partial charge in [-0.1, -0.05) is 11.8 Å². The van der Waals surface area contributed by atoms with E-state index in [1.807, 2.05) is 20.0 Å². The van der Waals surface area contributed by atoms with Crippen LogP contribution in [0.5, 0.6) is 0 Å². The molecule has 102 valence electrons. The van der Waals surface area contributed by atoms with Gasteiger partial charge in [0.1, 0.15) is 11.5 Å². The molecule has 1 aliphatic heterocycles. The van der Waals surface area contributed by atoms with Crippen LogP contribution >= 0.6 is 11.8 Å². The number of anilines is 1. The molecular weight excluding hydrogens is 264 g/mol. The lowest BCUT2D eigenvalue weighted by atomic mass is 10.3. The molecule has 0 radical (unpaired) electrons. The molecule has 3 rings (SSSR count). The first-order chi connectivity index (χ1) is 8.97. The second kappa shape index (κ2) is 4.19. The number of nitrogens with one attached hydrogen (secondary N) is 2. The Morgan fingerprint density at radius 3 is 3.00 bits per heavy atom. The van der Waals surface area contributed by atoms with Crippen LogP contribution in [0.2, 0.25) is 0 Å². The van der Waals surface area contributed by atoms with E-state index < -0.39 is 11.0 Å². The Kier molecular flexibility index (Phi) is 2.74. The number of hydrogen-bond donors (Lipinski definition) is 3. The molecule has 1 saturated carbocycles. The van der Waals surface area contributed by atoms with Crippen LogP contribution in [0.1, 0.15) is 31.4 Å². The molecule has 0 aromatic carbocycles. The highest BCUT2D eigenvalue weighted by molar-refractivity contribution is 8.03. The smallest absolute Gasteiger partial charge is 0.352 e. The van der Waals surface area contributed by atoms with Crippen LogP contribution in [-0.4, -0.2) is 25.9 Å². The van der Waals surface area contributed by atoms with Gasteiger partial charge in [-0.3, -0.25) is 4.68 Å². The van der Waals surface area contributed by atoms with Crippen molar-refractivity contribution >= 4 is 23.5 Å². The minimum Gasteiger partial charge on any atom is -0.477 e. The largest absolute Gasteiger partial charge is 0.477 e. The van der Waals surface area contributed by atoms with Crippen LogP contribution < -0.4 is 10.6 Å². The van der Waals surface area contributed by atoms with Gasteiger partial charge in [-0.2, -0.15) is 5.10 Å². The van der Waals surface area contributed by atoms with Crippen LogP contribution in [0, 0.1) is 0 Å². The van der Waals surface area contributed by atoms with Gasteiger partial charge in [0.25, 0.3) is 0 Å². The van der Waals surface area contributed by atoms with Crippen molar-refractivity contribution in [3.05, 3.63) is 22.9 Å². The Morgan fingerprint density at radius 2 is 2.42 bits per heavy atom. The zero-order valence-electron chi connectivity index (χ0n) is 10.8. The van der Waals surface area contributed by atoms with Gasteiger partial charge in [0.05, 0.1) is 5.69 Å². The highest BCUT2D eigenvalue weighted by Gasteiger charge is 2.34. The Balaban J connectivity index is 1.73. The number of hydrogen-bond acceptors (Lipinski definition) is 5. The lowest BCUT2D eigenvalue weighted by Gasteiger charge is -2.27. The summed E-state index contributed by atoms with van der Waals surface area (Å²) in [4.78, 5) is 10.4. The van der Waals surface area contributed by atoms with Crippen LogP contribution in [0.4, 0.5) is 5.82 Å². The molecule has 2 aliphatic rings. The molecule has 6 nitrogen and oxygen atoms in total. The number of aromatic nitrogens is 2. The highest BCUT2D eigenvalue weighted by atomic mass is 32.2. The molecule has 1 unspecified atom stereocenters. The van der Waals surface area contributed by atoms with Gasteiger partial charge in [-0.05, 0) is 19.8 Å². The summed E-state index contributed by atoms with van der Waals surface area (Å²) in [6.45, 7) is 1.91. The third-order valence-corrected chi connectivity index (χ3v) is 4.31. The first-order valence-electron chi connectivity index (χ1n) is 6.18. The molecule has 1 aliphatic carbocycles. The molecule has 3 N–H and O–H groups in total. The number of aryl methyl sites for hydroxylation is 1. The summed E-state index contributed by atoms with van der Waals surface area (Å²) in [5, 5.41) is 21.3.